The molecule has 3 unspecified atom stereocenters. The van der Waals surface area contributed by atoms with Crippen molar-refractivity contribution in [2.75, 3.05) is 37.5 Å². The number of methoxy groups -OCH3 is 1. The Hall–Kier alpha value is -3.74. The molecular weight excluding hydrogens is 586 g/mol. The number of benzene rings is 2. The van der Waals surface area contributed by atoms with Gasteiger partial charge in [-0.15, -0.1) is 0 Å². The van der Waals surface area contributed by atoms with E-state index in [-0.39, 0.29) is 35.1 Å². The van der Waals surface area contributed by atoms with Crippen LogP contribution in [0.5, 0.6) is 5.75 Å². The first-order chi connectivity index (χ1) is 20.7. The van der Waals surface area contributed by atoms with Gasteiger partial charge in [0.2, 0.25) is 21.7 Å². The Morgan fingerprint density at radius 3 is 2.48 bits per heavy atom. The van der Waals surface area contributed by atoms with E-state index in [0.717, 1.165) is 9.87 Å². The van der Waals surface area contributed by atoms with Crippen LogP contribution in [0.2, 0.25) is 0 Å². The Morgan fingerprint density at radius 2 is 1.86 bits per heavy atom. The second-order valence-electron chi connectivity index (χ2n) is 12.4. The van der Waals surface area contributed by atoms with Gasteiger partial charge in [0.15, 0.2) is 5.76 Å². The summed E-state index contributed by atoms with van der Waals surface area (Å²) >= 11 is 0. The molecule has 0 saturated carbocycles. The summed E-state index contributed by atoms with van der Waals surface area (Å²) in [5.41, 5.74) is 1.20. The van der Waals surface area contributed by atoms with Crippen molar-refractivity contribution < 1.29 is 37.0 Å². The van der Waals surface area contributed by atoms with Gasteiger partial charge in [-0.1, -0.05) is 59.4 Å². The second kappa shape index (κ2) is 13.1. The molecule has 1 amide bonds. The number of carbonyl (C=O) groups excluding carboxylic acids is 3. The normalized spacial score (nSPS) is 20.6. The fraction of sp³-hybridized carbons (Fsp3) is 0.469. The number of Topliss-reactive ketones (excluding diaryl/α,β-unsaturated/α-hetero) is 1. The number of carbonyl (C=O) groups is 3. The average molecular weight is 628 g/mol. The Bertz CT molecular complexity index is 1550. The van der Waals surface area contributed by atoms with Gasteiger partial charge in [0.1, 0.15) is 22.7 Å². The van der Waals surface area contributed by atoms with Gasteiger partial charge in [-0.25, -0.2) is 8.42 Å². The van der Waals surface area contributed by atoms with Crippen LogP contribution in [0.3, 0.4) is 0 Å². The third-order valence-electron chi connectivity index (χ3n) is 7.53. The van der Waals surface area contributed by atoms with Gasteiger partial charge in [0.25, 0.3) is 0 Å². The molecule has 11 nitrogen and oxygen atoms in total. The summed E-state index contributed by atoms with van der Waals surface area (Å²) in [6.45, 7) is 14.2. The highest BCUT2D eigenvalue weighted by molar-refractivity contribution is 7.89. The molecule has 2 aliphatic rings. The SMILES string of the molecule is C=C1OC(=O)C(C(C(=O)Nc2cc(C(C)(C)C)ccc2OCC(C)C)C2Nc3ccccc3S(=O)(=O)N2CCCOC)C1=O. The Kier molecular flexibility index (Phi) is 9.86. The Labute approximate surface area is 259 Å². The minimum atomic E-state index is -4.17. The summed E-state index contributed by atoms with van der Waals surface area (Å²) in [7, 11) is -2.67. The number of amides is 1. The number of rotatable bonds is 11. The van der Waals surface area contributed by atoms with E-state index >= 15 is 0 Å². The lowest BCUT2D eigenvalue weighted by molar-refractivity contribution is -0.145. The fourth-order valence-electron chi connectivity index (χ4n) is 5.21. The van der Waals surface area contributed by atoms with E-state index in [1.165, 1.54) is 13.2 Å². The minimum Gasteiger partial charge on any atom is -0.491 e. The largest absolute Gasteiger partial charge is 0.491 e. The number of fused-ring (bicyclic) bond motifs is 1. The van der Waals surface area contributed by atoms with Crippen LogP contribution >= 0.6 is 0 Å². The maximum atomic E-state index is 14.4. The lowest BCUT2D eigenvalue weighted by Gasteiger charge is -2.41. The smallest absolute Gasteiger partial charge is 0.323 e. The van der Waals surface area contributed by atoms with Crippen molar-refractivity contribution in [2.24, 2.45) is 17.8 Å². The standard InChI is InChI=1S/C32H41N3O8S/c1-19(2)18-42-24-14-13-21(32(4,5)6)17-23(24)34-30(37)27(26-28(36)20(3)43-31(26)38)29-33-22-11-8-9-12-25(22)44(39,40)35(29)15-10-16-41-7/h8-9,11-14,17,19,26-27,29,33H,3,10,15-16,18H2,1-2,4-7H3,(H,34,37). The summed E-state index contributed by atoms with van der Waals surface area (Å²) in [6.07, 6.45) is -1.04. The maximum absolute atomic E-state index is 14.4. The first-order valence-corrected chi connectivity index (χ1v) is 16.0. The van der Waals surface area contributed by atoms with E-state index in [1.54, 1.807) is 30.3 Å². The number of para-hydroxylation sites is 1. The van der Waals surface area contributed by atoms with Crippen LogP contribution in [-0.2, 0) is 39.3 Å². The highest BCUT2D eigenvalue weighted by Crippen LogP contribution is 2.40. The molecule has 0 spiro atoms. The number of sulfonamides is 1. The predicted molar refractivity (Wildman–Crippen MR) is 166 cm³/mol. The zero-order valence-electron chi connectivity index (χ0n) is 26.0. The average Bonchev–Trinajstić information content (AvgIpc) is 3.19. The number of ether oxygens (including phenoxy) is 3. The first-order valence-electron chi connectivity index (χ1n) is 14.6. The number of ketones is 1. The number of nitrogens with one attached hydrogen (secondary N) is 2. The van der Waals surface area contributed by atoms with E-state index in [9.17, 15) is 22.8 Å². The summed E-state index contributed by atoms with van der Waals surface area (Å²) in [4.78, 5) is 40.8. The molecule has 0 radical (unpaired) electrons. The molecule has 12 heteroatoms. The van der Waals surface area contributed by atoms with E-state index in [0.29, 0.717) is 24.5 Å². The number of anilines is 2. The molecule has 2 aliphatic heterocycles. The molecule has 3 atom stereocenters. The molecule has 0 bridgehead atoms. The number of allylic oxidation sites excluding steroid dienone is 1. The van der Waals surface area contributed by atoms with Gasteiger partial charge in [-0.2, -0.15) is 4.31 Å². The summed E-state index contributed by atoms with van der Waals surface area (Å²) in [5.74, 6) is -5.53. The Morgan fingerprint density at radius 1 is 1.16 bits per heavy atom. The zero-order valence-corrected chi connectivity index (χ0v) is 26.8. The monoisotopic (exact) mass is 627 g/mol. The van der Waals surface area contributed by atoms with Crippen LogP contribution in [-0.4, -0.2) is 63.4 Å². The van der Waals surface area contributed by atoms with E-state index in [2.05, 4.69) is 17.2 Å². The van der Waals surface area contributed by atoms with Gasteiger partial charge in [0.05, 0.1) is 23.9 Å². The van der Waals surface area contributed by atoms with Gasteiger partial charge < -0.3 is 24.8 Å². The molecule has 2 aromatic carbocycles. The van der Waals surface area contributed by atoms with Crippen molar-refractivity contribution >= 4 is 39.1 Å². The molecule has 0 aliphatic carbocycles. The molecule has 0 aromatic heterocycles. The Balaban J connectivity index is 1.84. The molecule has 44 heavy (non-hydrogen) atoms. The summed E-state index contributed by atoms with van der Waals surface area (Å²) in [5, 5.41) is 6.02. The van der Waals surface area contributed by atoms with Crippen LogP contribution in [0.25, 0.3) is 0 Å². The van der Waals surface area contributed by atoms with E-state index in [4.69, 9.17) is 14.2 Å². The quantitative estimate of drug-likeness (QED) is 0.161. The zero-order chi connectivity index (χ0) is 32.4. The lowest BCUT2D eigenvalue weighted by Crippen LogP contribution is -2.58. The van der Waals surface area contributed by atoms with Crippen molar-refractivity contribution in [1.29, 1.82) is 0 Å². The van der Waals surface area contributed by atoms with Crippen LogP contribution in [0.15, 0.2) is 59.7 Å². The molecule has 2 aromatic rings. The number of hydrogen-bond donors (Lipinski definition) is 2. The van der Waals surface area contributed by atoms with Crippen LogP contribution in [0.4, 0.5) is 11.4 Å². The first kappa shape index (κ1) is 33.2. The van der Waals surface area contributed by atoms with Crippen LogP contribution < -0.4 is 15.4 Å². The number of nitrogens with zero attached hydrogens (tertiary/aromatic N) is 1. The highest BCUT2D eigenvalue weighted by atomic mass is 32.2. The van der Waals surface area contributed by atoms with Gasteiger partial charge >= 0.3 is 5.97 Å². The van der Waals surface area contributed by atoms with Crippen molar-refractivity contribution in [1.82, 2.24) is 4.31 Å². The molecule has 2 heterocycles. The molecule has 1 saturated heterocycles. The molecule has 2 N–H and O–H groups in total. The lowest BCUT2D eigenvalue weighted by atomic mass is 9.85. The number of hydrogen-bond acceptors (Lipinski definition) is 9. The molecular formula is C32H41N3O8S. The number of cyclic esters (lactones) is 1. The fourth-order valence-corrected chi connectivity index (χ4v) is 6.97. The third kappa shape index (κ3) is 6.82. The highest BCUT2D eigenvalue weighted by Gasteiger charge is 2.54. The molecule has 4 rings (SSSR count). The summed E-state index contributed by atoms with van der Waals surface area (Å²) in [6, 6.07) is 11.7. The topological polar surface area (TPSA) is 140 Å². The van der Waals surface area contributed by atoms with Crippen LogP contribution in [0.1, 0.15) is 46.6 Å². The van der Waals surface area contributed by atoms with Gasteiger partial charge in [-0.05, 0) is 47.6 Å². The second-order valence-corrected chi connectivity index (χ2v) is 14.3. The third-order valence-corrected chi connectivity index (χ3v) is 9.47. The maximum Gasteiger partial charge on any atom is 0.323 e. The van der Waals surface area contributed by atoms with E-state index in [1.807, 2.05) is 40.7 Å². The van der Waals surface area contributed by atoms with Gasteiger partial charge in [-0.3, -0.25) is 14.4 Å². The molecule has 1 fully saturated rings. The summed E-state index contributed by atoms with van der Waals surface area (Å²) < 4.78 is 45.3. The predicted octanol–water partition coefficient (Wildman–Crippen LogP) is 4.31. The minimum absolute atomic E-state index is 0.0137. The van der Waals surface area contributed by atoms with Crippen molar-refractivity contribution in [3.8, 4) is 5.75 Å². The number of esters is 1. The van der Waals surface area contributed by atoms with Gasteiger partial charge in [0, 0.05) is 20.3 Å². The van der Waals surface area contributed by atoms with Crippen molar-refractivity contribution in [3.05, 3.63) is 60.4 Å². The van der Waals surface area contributed by atoms with Crippen molar-refractivity contribution in [3.63, 3.8) is 0 Å². The van der Waals surface area contributed by atoms with E-state index < -0.39 is 51.4 Å². The van der Waals surface area contributed by atoms with Crippen LogP contribution in [0, 0.1) is 17.8 Å². The van der Waals surface area contributed by atoms with Crippen molar-refractivity contribution in [2.45, 2.75) is 57.5 Å². The molecule has 238 valence electrons.